The van der Waals surface area contributed by atoms with Crippen molar-refractivity contribution >= 4 is 22.5 Å². The number of aliphatic hydroxyl groups is 1. The molecule has 29 heavy (non-hydrogen) atoms. The largest absolute Gasteiger partial charge is 0.400 e. The molecule has 0 aromatic rings. The SMILES string of the molecule is CC[Si](CC)(CC)O[C@]12CC#C/C=C\C#C[C@@H](O)[C@@H]1N([Si](C)(C)C(C)(C)C)C2=O. The first-order valence-corrected chi connectivity index (χ1v) is 16.3. The van der Waals surface area contributed by atoms with Crippen LogP contribution in [-0.4, -0.2) is 49.9 Å². The maximum atomic E-state index is 13.9. The van der Waals surface area contributed by atoms with E-state index in [1.54, 1.807) is 12.2 Å². The smallest absolute Gasteiger partial charge is 0.249 e. The molecule has 1 saturated heterocycles. The van der Waals surface area contributed by atoms with Crippen molar-refractivity contribution in [3.05, 3.63) is 12.2 Å². The highest BCUT2D eigenvalue weighted by Gasteiger charge is 2.69. The lowest BCUT2D eigenvalue weighted by atomic mass is 9.79. The van der Waals surface area contributed by atoms with Crippen LogP contribution in [0.4, 0.5) is 0 Å². The molecule has 0 spiro atoms. The molecule has 1 amide bonds. The van der Waals surface area contributed by atoms with E-state index in [1.165, 1.54) is 0 Å². The number of hydrogen-bond donors (Lipinski definition) is 1. The van der Waals surface area contributed by atoms with Gasteiger partial charge in [0.05, 0.1) is 6.04 Å². The van der Waals surface area contributed by atoms with E-state index in [0.29, 0.717) is 6.42 Å². The van der Waals surface area contributed by atoms with Gasteiger partial charge in [-0.2, -0.15) is 0 Å². The Morgan fingerprint density at radius 1 is 1.17 bits per heavy atom. The zero-order valence-electron chi connectivity index (χ0n) is 19.3. The molecule has 6 heteroatoms. The Bertz CT molecular complexity index is 779. The van der Waals surface area contributed by atoms with Crippen molar-refractivity contribution in [2.45, 2.75) is 102 Å². The third-order valence-corrected chi connectivity index (χ3v) is 17.4. The van der Waals surface area contributed by atoms with E-state index >= 15 is 0 Å². The van der Waals surface area contributed by atoms with Crippen molar-refractivity contribution in [2.75, 3.05) is 0 Å². The van der Waals surface area contributed by atoms with Crippen molar-refractivity contribution in [1.29, 1.82) is 0 Å². The molecule has 0 aromatic heterocycles. The van der Waals surface area contributed by atoms with Gasteiger partial charge in [-0.1, -0.05) is 78.3 Å². The van der Waals surface area contributed by atoms with Gasteiger partial charge in [0, 0.05) is 6.42 Å². The van der Waals surface area contributed by atoms with Crippen molar-refractivity contribution in [2.24, 2.45) is 0 Å². The van der Waals surface area contributed by atoms with Crippen molar-refractivity contribution < 1.29 is 14.3 Å². The van der Waals surface area contributed by atoms with Crippen LogP contribution < -0.4 is 0 Å². The van der Waals surface area contributed by atoms with Gasteiger partial charge in [-0.3, -0.25) is 4.79 Å². The van der Waals surface area contributed by atoms with Crippen LogP contribution in [0, 0.1) is 23.7 Å². The molecule has 0 radical (unpaired) electrons. The average molecular weight is 432 g/mol. The number of hydrogen-bond acceptors (Lipinski definition) is 3. The number of amides is 1. The van der Waals surface area contributed by atoms with E-state index in [-0.39, 0.29) is 10.9 Å². The van der Waals surface area contributed by atoms with Gasteiger partial charge in [0.15, 0.2) is 22.2 Å². The summed E-state index contributed by atoms with van der Waals surface area (Å²) in [5.41, 5.74) is -1.09. The van der Waals surface area contributed by atoms with Gasteiger partial charge >= 0.3 is 0 Å². The standard InChI is InChI=1S/C23H37NO3Si2/c1-9-29(10-2,11-3)27-23-18-16-14-12-13-15-17-19(25)20(23)24(21(23)26)28(7,8)22(4,5)6/h12-13,19-20,25H,9-11,18H2,1-8H3/b13-12-/t19-,20+,23-/m1/s1. The number of aliphatic hydroxyl groups excluding tert-OH is 1. The van der Waals surface area contributed by atoms with Gasteiger partial charge in [-0.05, 0) is 35.3 Å². The van der Waals surface area contributed by atoms with Crippen LogP contribution in [0.1, 0.15) is 48.0 Å². The molecule has 160 valence electrons. The molecular weight excluding hydrogens is 394 g/mol. The number of β-lactam (4-membered cyclic amide) rings is 1. The lowest BCUT2D eigenvalue weighted by Crippen LogP contribution is -2.85. The fourth-order valence-corrected chi connectivity index (χ4v) is 9.62. The van der Waals surface area contributed by atoms with Gasteiger partial charge in [-0.15, -0.1) is 0 Å². The predicted octanol–water partition coefficient (Wildman–Crippen LogP) is 4.29. The number of rotatable bonds is 6. The zero-order valence-corrected chi connectivity index (χ0v) is 21.3. The van der Waals surface area contributed by atoms with Crippen LogP contribution in [0.15, 0.2) is 12.2 Å². The first-order valence-electron chi connectivity index (χ1n) is 10.8. The molecule has 1 aliphatic heterocycles. The Balaban J connectivity index is 2.65. The summed E-state index contributed by atoms with van der Waals surface area (Å²) in [7, 11) is -4.35. The van der Waals surface area contributed by atoms with Crippen LogP contribution in [0.2, 0.25) is 36.3 Å². The zero-order chi connectivity index (χ0) is 22.1. The quantitative estimate of drug-likeness (QED) is 0.388. The summed E-state index contributed by atoms with van der Waals surface area (Å²) in [4.78, 5) is 13.9. The summed E-state index contributed by atoms with van der Waals surface area (Å²) < 4.78 is 8.84. The number of allylic oxidation sites excluding steroid dienone is 2. The molecule has 2 aliphatic rings. The molecule has 0 saturated carbocycles. The van der Waals surface area contributed by atoms with Crippen LogP contribution in [0.25, 0.3) is 0 Å². The lowest BCUT2D eigenvalue weighted by molar-refractivity contribution is -0.183. The minimum Gasteiger partial charge on any atom is -0.400 e. The highest BCUT2D eigenvalue weighted by molar-refractivity contribution is 6.80. The Labute approximate surface area is 179 Å². The topological polar surface area (TPSA) is 49.8 Å². The van der Waals surface area contributed by atoms with Crippen molar-refractivity contribution in [1.82, 2.24) is 4.57 Å². The first-order chi connectivity index (χ1) is 13.4. The number of carbonyl (C=O) groups excluding carboxylic acids is 1. The van der Waals surface area contributed by atoms with Crippen LogP contribution in [0.5, 0.6) is 0 Å². The second-order valence-corrected chi connectivity index (χ2v) is 19.5. The van der Waals surface area contributed by atoms with Crippen LogP contribution >= 0.6 is 0 Å². The maximum absolute atomic E-state index is 13.9. The third kappa shape index (κ3) is 4.01. The summed E-state index contributed by atoms with van der Waals surface area (Å²) in [5.74, 6) is 11.9. The van der Waals surface area contributed by atoms with E-state index in [1.807, 2.05) is 4.57 Å². The van der Waals surface area contributed by atoms with Gasteiger partial charge in [0.25, 0.3) is 0 Å². The summed E-state index contributed by atoms with van der Waals surface area (Å²) in [6, 6.07) is 2.35. The molecule has 0 aromatic carbocycles. The first kappa shape index (κ1) is 24.0. The fraction of sp³-hybridized carbons (Fsp3) is 0.696. The molecule has 2 rings (SSSR count). The third-order valence-electron chi connectivity index (χ3n) is 7.34. The minimum absolute atomic E-state index is 0.000944. The Kier molecular flexibility index (Phi) is 6.97. The molecular formula is C23H37NO3Si2. The van der Waals surface area contributed by atoms with E-state index in [0.717, 1.165) is 18.1 Å². The number of nitrogens with zero attached hydrogens (tertiary/aromatic N) is 1. The fourth-order valence-electron chi connectivity index (χ4n) is 4.17. The van der Waals surface area contributed by atoms with Crippen LogP contribution in [0.3, 0.4) is 0 Å². The van der Waals surface area contributed by atoms with E-state index in [9.17, 15) is 9.90 Å². The van der Waals surface area contributed by atoms with E-state index in [4.69, 9.17) is 4.43 Å². The second kappa shape index (κ2) is 8.43. The molecule has 1 heterocycles. The molecule has 0 bridgehead atoms. The molecule has 0 unspecified atom stereocenters. The normalized spacial score (nSPS) is 28.3. The molecule has 4 nitrogen and oxygen atoms in total. The monoisotopic (exact) mass is 431 g/mol. The minimum atomic E-state index is -2.23. The summed E-state index contributed by atoms with van der Waals surface area (Å²) in [5, 5.41) is 11.1. The Hall–Kier alpha value is -1.32. The molecule has 1 aliphatic carbocycles. The lowest BCUT2D eigenvalue weighted by Gasteiger charge is -2.65. The van der Waals surface area contributed by atoms with E-state index in [2.05, 4.69) is 78.3 Å². The summed E-state index contributed by atoms with van der Waals surface area (Å²) >= 11 is 0. The Morgan fingerprint density at radius 3 is 2.24 bits per heavy atom. The van der Waals surface area contributed by atoms with Gasteiger partial charge in [0.1, 0.15) is 6.10 Å². The van der Waals surface area contributed by atoms with E-state index < -0.39 is 34.3 Å². The summed E-state index contributed by atoms with van der Waals surface area (Å²) in [6.45, 7) is 17.4. The summed E-state index contributed by atoms with van der Waals surface area (Å²) in [6.07, 6.45) is 2.68. The maximum Gasteiger partial charge on any atom is 0.249 e. The highest BCUT2D eigenvalue weighted by atomic mass is 28.4. The number of fused-ring (bicyclic) bond motifs is 1. The number of carbonyl (C=O) groups is 1. The predicted molar refractivity (Wildman–Crippen MR) is 124 cm³/mol. The van der Waals surface area contributed by atoms with Gasteiger partial charge in [-0.25, -0.2) is 0 Å². The van der Waals surface area contributed by atoms with Gasteiger partial charge in [0.2, 0.25) is 5.91 Å². The molecule has 1 fully saturated rings. The molecule has 3 atom stereocenters. The molecule has 1 N–H and O–H groups in total. The van der Waals surface area contributed by atoms with Gasteiger partial charge < -0.3 is 14.1 Å². The van der Waals surface area contributed by atoms with Crippen molar-refractivity contribution in [3.63, 3.8) is 0 Å². The highest BCUT2D eigenvalue weighted by Crippen LogP contribution is 2.51. The Morgan fingerprint density at radius 2 is 1.72 bits per heavy atom. The second-order valence-electron chi connectivity index (χ2n) is 9.73. The average Bonchev–Trinajstić information content (AvgIpc) is 2.66. The van der Waals surface area contributed by atoms with Crippen LogP contribution in [-0.2, 0) is 9.22 Å². The van der Waals surface area contributed by atoms with Crippen molar-refractivity contribution in [3.8, 4) is 23.7 Å².